The molecule has 0 aliphatic rings. The smallest absolute Gasteiger partial charge is 0.238 e. The van der Waals surface area contributed by atoms with E-state index in [9.17, 15) is 18.3 Å². The predicted octanol–water partition coefficient (Wildman–Crippen LogP) is 0.283. The highest BCUT2D eigenvalue weighted by molar-refractivity contribution is 9.12. The standard InChI is InChI=1S/C9H9Br2NO4S/c10-7(8(11)9(13)14)5-1-3-6(4-2-5)17(12,15)16/h1-4,7-8H,(H,13,14)(H2,12,15,16)/p-1/t7-,8-/m0/s1. The zero-order valence-corrected chi connectivity index (χ0v) is 12.3. The Kier molecular flexibility index (Phi) is 4.70. The minimum Gasteiger partial charge on any atom is -0.549 e. The van der Waals surface area contributed by atoms with Gasteiger partial charge in [0.05, 0.1) is 20.5 Å². The van der Waals surface area contributed by atoms with Crippen molar-refractivity contribution < 1.29 is 18.3 Å². The van der Waals surface area contributed by atoms with E-state index in [1.54, 1.807) is 0 Å². The number of primary sulfonamides is 1. The van der Waals surface area contributed by atoms with Gasteiger partial charge in [-0.3, -0.25) is 0 Å². The van der Waals surface area contributed by atoms with Gasteiger partial charge >= 0.3 is 0 Å². The Bertz CT molecular complexity index is 514. The molecule has 0 saturated heterocycles. The van der Waals surface area contributed by atoms with Crippen molar-refractivity contribution in [3.05, 3.63) is 29.8 Å². The van der Waals surface area contributed by atoms with E-state index in [-0.39, 0.29) is 4.90 Å². The number of alkyl halides is 2. The van der Waals surface area contributed by atoms with Gasteiger partial charge in [-0.25, -0.2) is 13.6 Å². The summed E-state index contributed by atoms with van der Waals surface area (Å²) in [5.41, 5.74) is 0.600. The lowest BCUT2D eigenvalue weighted by Crippen LogP contribution is -2.34. The second-order valence-electron chi connectivity index (χ2n) is 3.24. The van der Waals surface area contributed by atoms with Crippen molar-refractivity contribution in [2.45, 2.75) is 14.5 Å². The molecule has 0 fully saturated rings. The summed E-state index contributed by atoms with van der Waals surface area (Å²) in [7, 11) is -3.74. The summed E-state index contributed by atoms with van der Waals surface area (Å²) in [5, 5.41) is 15.6. The maximum atomic E-state index is 11.0. The van der Waals surface area contributed by atoms with E-state index in [2.05, 4.69) is 31.9 Å². The third-order valence-electron chi connectivity index (χ3n) is 2.01. The molecular weight excluding hydrogens is 378 g/mol. The average molecular weight is 386 g/mol. The highest BCUT2D eigenvalue weighted by Crippen LogP contribution is 2.31. The van der Waals surface area contributed by atoms with Crippen LogP contribution in [0.25, 0.3) is 0 Å². The lowest BCUT2D eigenvalue weighted by atomic mass is 10.1. The molecule has 0 aliphatic carbocycles. The number of carboxylic acid groups (broad SMARTS) is 1. The van der Waals surface area contributed by atoms with Crippen LogP contribution in [0.4, 0.5) is 0 Å². The van der Waals surface area contributed by atoms with Crippen LogP contribution < -0.4 is 10.2 Å². The van der Waals surface area contributed by atoms with Crippen LogP contribution in [0, 0.1) is 0 Å². The van der Waals surface area contributed by atoms with Crippen LogP contribution >= 0.6 is 31.9 Å². The number of halogens is 2. The number of sulfonamides is 1. The minimum absolute atomic E-state index is 0.0273. The van der Waals surface area contributed by atoms with Crippen LogP contribution in [0.2, 0.25) is 0 Å². The molecular formula is C9H8Br2NO4S-. The van der Waals surface area contributed by atoms with Crippen LogP contribution in [0.15, 0.2) is 29.2 Å². The van der Waals surface area contributed by atoms with E-state index >= 15 is 0 Å². The van der Waals surface area contributed by atoms with Crippen molar-refractivity contribution in [2.24, 2.45) is 5.14 Å². The van der Waals surface area contributed by atoms with E-state index in [0.29, 0.717) is 5.56 Å². The first kappa shape index (κ1) is 14.6. The van der Waals surface area contributed by atoms with Crippen LogP contribution in [0.5, 0.6) is 0 Å². The molecule has 0 aromatic heterocycles. The van der Waals surface area contributed by atoms with Crippen LogP contribution in [-0.2, 0) is 14.8 Å². The van der Waals surface area contributed by atoms with Crippen LogP contribution in [0.1, 0.15) is 10.4 Å². The van der Waals surface area contributed by atoms with E-state index in [4.69, 9.17) is 5.14 Å². The number of nitrogens with two attached hydrogens (primary N) is 1. The topological polar surface area (TPSA) is 100 Å². The van der Waals surface area contributed by atoms with Crippen molar-refractivity contribution in [2.75, 3.05) is 0 Å². The molecule has 8 heteroatoms. The fraction of sp³-hybridized carbons (Fsp3) is 0.222. The van der Waals surface area contributed by atoms with Gasteiger partial charge in [0, 0.05) is 0 Å². The van der Waals surface area contributed by atoms with E-state index in [1.807, 2.05) is 0 Å². The predicted molar refractivity (Wildman–Crippen MR) is 67.2 cm³/mol. The fourth-order valence-electron chi connectivity index (χ4n) is 1.13. The van der Waals surface area contributed by atoms with Gasteiger partial charge in [-0.15, -0.1) is 0 Å². The fourth-order valence-corrected chi connectivity index (χ4v) is 2.47. The number of carbonyl (C=O) groups excluding carboxylic acids is 1. The Hall–Kier alpha value is -0.440. The maximum absolute atomic E-state index is 11.0. The number of benzene rings is 1. The molecule has 0 saturated carbocycles. The van der Waals surface area contributed by atoms with Gasteiger partial charge in [0.2, 0.25) is 10.0 Å². The third-order valence-corrected chi connectivity index (χ3v) is 5.61. The maximum Gasteiger partial charge on any atom is 0.238 e. The van der Waals surface area contributed by atoms with Gasteiger partial charge in [-0.2, -0.15) is 0 Å². The van der Waals surface area contributed by atoms with Gasteiger partial charge in [0.1, 0.15) is 0 Å². The Morgan fingerprint density at radius 1 is 1.24 bits per heavy atom. The van der Waals surface area contributed by atoms with Gasteiger partial charge in [0.15, 0.2) is 0 Å². The quantitative estimate of drug-likeness (QED) is 0.752. The lowest BCUT2D eigenvalue weighted by molar-refractivity contribution is -0.304. The van der Waals surface area contributed by atoms with Gasteiger partial charge in [-0.1, -0.05) is 44.0 Å². The number of rotatable bonds is 4. The Labute approximate surface area is 115 Å². The summed E-state index contributed by atoms with van der Waals surface area (Å²) >= 11 is 6.13. The van der Waals surface area contributed by atoms with Crippen molar-refractivity contribution in [3.63, 3.8) is 0 Å². The van der Waals surface area contributed by atoms with Gasteiger partial charge in [0.25, 0.3) is 0 Å². The number of hydrogen-bond acceptors (Lipinski definition) is 4. The Morgan fingerprint density at radius 2 is 1.71 bits per heavy atom. The van der Waals surface area contributed by atoms with Crippen molar-refractivity contribution >= 4 is 47.9 Å². The second kappa shape index (κ2) is 5.47. The third kappa shape index (κ3) is 3.77. The summed E-state index contributed by atoms with van der Waals surface area (Å²) in [6.45, 7) is 0. The summed E-state index contributed by atoms with van der Waals surface area (Å²) in [4.78, 5) is 9.17. The number of aliphatic carboxylic acids is 1. The molecule has 0 radical (unpaired) electrons. The molecule has 0 heterocycles. The van der Waals surface area contributed by atoms with Crippen molar-refractivity contribution in [1.82, 2.24) is 0 Å². The highest BCUT2D eigenvalue weighted by atomic mass is 79.9. The molecule has 94 valence electrons. The molecule has 1 rings (SSSR count). The molecule has 1 aromatic rings. The molecule has 1 aromatic carbocycles. The van der Waals surface area contributed by atoms with Gasteiger partial charge < -0.3 is 9.90 Å². The molecule has 5 nitrogen and oxygen atoms in total. The normalized spacial score (nSPS) is 15.2. The molecule has 0 bridgehead atoms. The molecule has 2 atom stereocenters. The van der Waals surface area contributed by atoms with Crippen LogP contribution in [0.3, 0.4) is 0 Å². The number of carboxylic acids is 1. The Morgan fingerprint density at radius 3 is 2.06 bits per heavy atom. The SMILES string of the molecule is NS(=O)(=O)c1ccc([C@H](Br)[C@H](Br)C(=O)[O-])cc1. The van der Waals surface area contributed by atoms with Crippen molar-refractivity contribution in [3.8, 4) is 0 Å². The average Bonchev–Trinajstić information content (AvgIpc) is 2.26. The summed E-state index contributed by atoms with van der Waals surface area (Å²) in [6, 6.07) is 5.59. The monoisotopic (exact) mass is 384 g/mol. The highest BCUT2D eigenvalue weighted by Gasteiger charge is 2.19. The molecule has 0 spiro atoms. The zero-order valence-electron chi connectivity index (χ0n) is 8.34. The largest absolute Gasteiger partial charge is 0.549 e. The van der Waals surface area contributed by atoms with Gasteiger partial charge in [-0.05, 0) is 17.7 Å². The second-order valence-corrected chi connectivity index (χ2v) is 6.77. The summed E-state index contributed by atoms with van der Waals surface area (Å²) < 4.78 is 22.0. The first-order valence-electron chi connectivity index (χ1n) is 4.35. The van der Waals surface area contributed by atoms with Crippen LogP contribution in [-0.4, -0.2) is 19.2 Å². The number of hydrogen-bond donors (Lipinski definition) is 1. The molecule has 0 aliphatic heterocycles. The lowest BCUT2D eigenvalue weighted by Gasteiger charge is -2.18. The number of carbonyl (C=O) groups is 1. The van der Waals surface area contributed by atoms with E-state index in [1.165, 1.54) is 24.3 Å². The molecule has 2 N–H and O–H groups in total. The minimum atomic E-state index is -3.74. The molecule has 0 amide bonds. The molecule has 0 unspecified atom stereocenters. The summed E-state index contributed by atoms with van der Waals surface area (Å²) in [5.74, 6) is -1.26. The molecule has 17 heavy (non-hydrogen) atoms. The zero-order chi connectivity index (χ0) is 13.2. The Balaban J connectivity index is 2.99. The first-order valence-corrected chi connectivity index (χ1v) is 7.73. The van der Waals surface area contributed by atoms with E-state index in [0.717, 1.165) is 0 Å². The summed E-state index contributed by atoms with van der Waals surface area (Å²) in [6.07, 6.45) is 0. The first-order chi connectivity index (χ1) is 7.73. The van der Waals surface area contributed by atoms with Crippen molar-refractivity contribution in [1.29, 1.82) is 0 Å². The van der Waals surface area contributed by atoms with E-state index < -0.39 is 25.6 Å².